The number of Topliss-reactive ketones (excluding diaryl/α,β-unsaturated/α-hetero) is 1. The molecule has 5 heteroatoms. The van der Waals surface area contributed by atoms with Gasteiger partial charge in [0.1, 0.15) is 5.75 Å². The number of carbonyl (C=O) groups is 2. The topological polar surface area (TPSA) is 76.4 Å². The lowest BCUT2D eigenvalue weighted by Gasteiger charge is -2.08. The smallest absolute Gasteiger partial charge is 0.344 e. The fourth-order valence-electron chi connectivity index (χ4n) is 2.07. The standard InChI is InChI=1S/C19H17NO4/c1-13-3-4-14(2)17(9-13)18(21)11-24-19(22)12-23-16-7-5-15(10-20)6-8-16/h3-9H,11-12H2,1-2H3. The Morgan fingerprint density at radius 2 is 1.75 bits per heavy atom. The molecule has 0 heterocycles. The molecule has 0 aliphatic heterocycles. The Morgan fingerprint density at radius 1 is 1.04 bits per heavy atom. The summed E-state index contributed by atoms with van der Waals surface area (Å²) in [5.74, 6) is -0.423. The van der Waals surface area contributed by atoms with Crippen molar-refractivity contribution in [3.8, 4) is 11.8 Å². The van der Waals surface area contributed by atoms with E-state index in [1.165, 1.54) is 0 Å². The first-order valence-electron chi connectivity index (χ1n) is 7.38. The molecule has 0 saturated heterocycles. The number of nitrogens with zero attached hydrogens (tertiary/aromatic N) is 1. The Kier molecular flexibility index (Phi) is 5.69. The maximum Gasteiger partial charge on any atom is 0.344 e. The third kappa shape index (κ3) is 4.68. The van der Waals surface area contributed by atoms with Gasteiger partial charge in [0.15, 0.2) is 13.2 Å². The summed E-state index contributed by atoms with van der Waals surface area (Å²) in [5, 5.41) is 8.70. The number of carbonyl (C=O) groups excluding carboxylic acids is 2. The molecule has 2 rings (SSSR count). The van der Waals surface area contributed by atoms with Gasteiger partial charge in [-0.1, -0.05) is 17.7 Å². The predicted octanol–water partition coefficient (Wildman–Crippen LogP) is 2.98. The number of esters is 1. The molecule has 0 spiro atoms. The van der Waals surface area contributed by atoms with E-state index in [1.54, 1.807) is 30.3 Å². The van der Waals surface area contributed by atoms with Crippen LogP contribution in [0.15, 0.2) is 42.5 Å². The average molecular weight is 323 g/mol. The van der Waals surface area contributed by atoms with Crippen molar-refractivity contribution in [1.29, 1.82) is 5.26 Å². The molecule has 2 aromatic rings. The summed E-state index contributed by atoms with van der Waals surface area (Å²) in [6, 6.07) is 13.9. The molecule has 24 heavy (non-hydrogen) atoms. The van der Waals surface area contributed by atoms with Gasteiger partial charge in [0.25, 0.3) is 0 Å². The fourth-order valence-corrected chi connectivity index (χ4v) is 2.07. The third-order valence-electron chi connectivity index (χ3n) is 3.40. The van der Waals surface area contributed by atoms with E-state index >= 15 is 0 Å². The van der Waals surface area contributed by atoms with Crippen molar-refractivity contribution in [3.05, 3.63) is 64.7 Å². The van der Waals surface area contributed by atoms with Crippen LogP contribution in [0.3, 0.4) is 0 Å². The van der Waals surface area contributed by atoms with Crippen molar-refractivity contribution < 1.29 is 19.1 Å². The first-order valence-corrected chi connectivity index (χ1v) is 7.38. The molecule has 2 aromatic carbocycles. The summed E-state index contributed by atoms with van der Waals surface area (Å²) in [7, 11) is 0. The number of rotatable bonds is 6. The van der Waals surface area contributed by atoms with Gasteiger partial charge < -0.3 is 9.47 Å². The molecule has 0 atom stereocenters. The van der Waals surface area contributed by atoms with Crippen LogP contribution in [-0.2, 0) is 9.53 Å². The quantitative estimate of drug-likeness (QED) is 0.603. The monoisotopic (exact) mass is 323 g/mol. The SMILES string of the molecule is Cc1ccc(C)c(C(=O)COC(=O)COc2ccc(C#N)cc2)c1. The molecule has 0 N–H and O–H groups in total. The van der Waals surface area contributed by atoms with Crippen molar-refractivity contribution in [1.82, 2.24) is 0 Å². The normalized spacial score (nSPS) is 9.88. The zero-order valence-corrected chi connectivity index (χ0v) is 13.5. The summed E-state index contributed by atoms with van der Waals surface area (Å²) in [6.45, 7) is 3.11. The largest absolute Gasteiger partial charge is 0.482 e. The van der Waals surface area contributed by atoms with E-state index in [4.69, 9.17) is 14.7 Å². The maximum atomic E-state index is 12.1. The number of aryl methyl sites for hydroxylation is 2. The maximum absolute atomic E-state index is 12.1. The molecule has 0 saturated carbocycles. The van der Waals surface area contributed by atoms with Crippen molar-refractivity contribution in [2.24, 2.45) is 0 Å². The van der Waals surface area contributed by atoms with Gasteiger partial charge in [-0.05, 0) is 49.7 Å². The Labute approximate surface area is 140 Å². The van der Waals surface area contributed by atoms with Gasteiger partial charge in [0, 0.05) is 5.56 Å². The van der Waals surface area contributed by atoms with Gasteiger partial charge in [-0.2, -0.15) is 5.26 Å². The molecule has 0 bridgehead atoms. The number of hydrogen-bond donors (Lipinski definition) is 0. The molecule has 0 radical (unpaired) electrons. The lowest BCUT2D eigenvalue weighted by Crippen LogP contribution is -2.20. The highest BCUT2D eigenvalue weighted by Crippen LogP contribution is 2.13. The number of ether oxygens (including phenoxy) is 2. The summed E-state index contributed by atoms with van der Waals surface area (Å²) in [6.07, 6.45) is 0. The lowest BCUT2D eigenvalue weighted by atomic mass is 10.0. The molecule has 0 aliphatic rings. The van der Waals surface area contributed by atoms with Crippen LogP contribution in [-0.4, -0.2) is 25.0 Å². The minimum Gasteiger partial charge on any atom is -0.482 e. The van der Waals surface area contributed by atoms with Crippen LogP contribution in [0, 0.1) is 25.2 Å². The lowest BCUT2D eigenvalue weighted by molar-refractivity contribution is -0.144. The highest BCUT2D eigenvalue weighted by Gasteiger charge is 2.13. The van der Waals surface area contributed by atoms with Crippen LogP contribution in [0.25, 0.3) is 0 Å². The fraction of sp³-hybridized carbons (Fsp3) is 0.211. The molecular formula is C19H17NO4. The summed E-state index contributed by atoms with van der Waals surface area (Å²) < 4.78 is 10.2. The molecular weight excluding hydrogens is 306 g/mol. The Hall–Kier alpha value is -3.13. The van der Waals surface area contributed by atoms with Crippen LogP contribution in [0.4, 0.5) is 0 Å². The Morgan fingerprint density at radius 3 is 2.42 bits per heavy atom. The zero-order valence-electron chi connectivity index (χ0n) is 13.5. The molecule has 0 unspecified atom stereocenters. The van der Waals surface area contributed by atoms with Crippen LogP contribution in [0.2, 0.25) is 0 Å². The first kappa shape index (κ1) is 17.2. The number of hydrogen-bond acceptors (Lipinski definition) is 5. The first-order chi connectivity index (χ1) is 11.5. The van der Waals surface area contributed by atoms with Crippen LogP contribution >= 0.6 is 0 Å². The highest BCUT2D eigenvalue weighted by atomic mass is 16.6. The summed E-state index contributed by atoms with van der Waals surface area (Å²) >= 11 is 0. The van der Waals surface area contributed by atoms with E-state index in [-0.39, 0.29) is 19.0 Å². The number of benzene rings is 2. The van der Waals surface area contributed by atoms with Crippen molar-refractivity contribution in [2.45, 2.75) is 13.8 Å². The second kappa shape index (κ2) is 7.93. The highest BCUT2D eigenvalue weighted by molar-refractivity contribution is 5.99. The van der Waals surface area contributed by atoms with Gasteiger partial charge >= 0.3 is 5.97 Å². The number of nitriles is 1. The molecule has 122 valence electrons. The van der Waals surface area contributed by atoms with Gasteiger partial charge in [0.2, 0.25) is 5.78 Å². The summed E-state index contributed by atoms with van der Waals surface area (Å²) in [4.78, 5) is 23.8. The average Bonchev–Trinajstić information content (AvgIpc) is 2.60. The van der Waals surface area contributed by atoms with Gasteiger partial charge in [0.05, 0.1) is 11.6 Å². The zero-order chi connectivity index (χ0) is 17.5. The van der Waals surface area contributed by atoms with E-state index in [1.807, 2.05) is 32.0 Å². The summed E-state index contributed by atoms with van der Waals surface area (Å²) in [5.41, 5.74) is 2.87. The van der Waals surface area contributed by atoms with E-state index < -0.39 is 5.97 Å². The molecule has 5 nitrogen and oxygen atoms in total. The Balaban J connectivity index is 1.83. The van der Waals surface area contributed by atoms with Crippen LogP contribution in [0.1, 0.15) is 27.0 Å². The molecule has 0 amide bonds. The second-order valence-electron chi connectivity index (χ2n) is 5.33. The number of ketones is 1. The van der Waals surface area contributed by atoms with E-state index in [2.05, 4.69) is 0 Å². The Bertz CT molecular complexity index is 788. The van der Waals surface area contributed by atoms with Gasteiger partial charge in [-0.25, -0.2) is 4.79 Å². The van der Waals surface area contributed by atoms with Gasteiger partial charge in [-0.3, -0.25) is 4.79 Å². The van der Waals surface area contributed by atoms with E-state index in [0.717, 1.165) is 11.1 Å². The predicted molar refractivity (Wildman–Crippen MR) is 87.9 cm³/mol. The van der Waals surface area contributed by atoms with E-state index in [0.29, 0.717) is 16.9 Å². The minimum absolute atomic E-state index is 0.247. The van der Waals surface area contributed by atoms with E-state index in [9.17, 15) is 9.59 Å². The molecule has 0 fully saturated rings. The van der Waals surface area contributed by atoms with Gasteiger partial charge in [-0.15, -0.1) is 0 Å². The van der Waals surface area contributed by atoms with Crippen LogP contribution in [0.5, 0.6) is 5.75 Å². The minimum atomic E-state index is -0.627. The molecule has 0 aromatic heterocycles. The second-order valence-corrected chi connectivity index (χ2v) is 5.33. The van der Waals surface area contributed by atoms with Crippen molar-refractivity contribution >= 4 is 11.8 Å². The van der Waals surface area contributed by atoms with Crippen molar-refractivity contribution in [2.75, 3.05) is 13.2 Å². The van der Waals surface area contributed by atoms with Crippen LogP contribution < -0.4 is 4.74 Å². The molecule has 0 aliphatic carbocycles. The van der Waals surface area contributed by atoms with Crippen molar-refractivity contribution in [3.63, 3.8) is 0 Å². The third-order valence-corrected chi connectivity index (χ3v) is 3.40.